The number of rotatable bonds is 4. The molecule has 0 aliphatic carbocycles. The van der Waals surface area contributed by atoms with E-state index in [1.807, 2.05) is 0 Å². The number of Topliss-reactive ketones (excluding diaryl/α,β-unsaturated/α-hetero) is 1. The largest absolute Gasteiger partial charge is 0.507 e. The van der Waals surface area contributed by atoms with Gasteiger partial charge in [0.1, 0.15) is 5.76 Å². The van der Waals surface area contributed by atoms with Crippen molar-refractivity contribution in [2.45, 2.75) is 6.04 Å². The zero-order chi connectivity index (χ0) is 23.0. The Morgan fingerprint density at radius 1 is 1.03 bits per heavy atom. The van der Waals surface area contributed by atoms with Gasteiger partial charge in [0.25, 0.3) is 11.7 Å². The van der Waals surface area contributed by atoms with Gasteiger partial charge in [-0.15, -0.1) is 0 Å². The second kappa shape index (κ2) is 8.82. The topological polar surface area (TPSA) is 79.7 Å². The van der Waals surface area contributed by atoms with Crippen LogP contribution in [0.25, 0.3) is 5.76 Å². The van der Waals surface area contributed by atoms with Crippen molar-refractivity contribution in [3.05, 3.63) is 92.7 Å². The van der Waals surface area contributed by atoms with Gasteiger partial charge in [0.15, 0.2) is 5.75 Å². The SMILES string of the molecule is COc1c(Cl)cc(/C(O)=C2\C(=O)C(=O)N(c3cccc(Cl)c3)C2c2ccncc2)cc1Cl. The Morgan fingerprint density at radius 2 is 1.69 bits per heavy atom. The lowest BCUT2D eigenvalue weighted by Gasteiger charge is -2.25. The van der Waals surface area contributed by atoms with Crippen LogP contribution in [0.15, 0.2) is 66.5 Å². The predicted molar refractivity (Wildman–Crippen MR) is 123 cm³/mol. The number of hydrogen-bond acceptors (Lipinski definition) is 5. The molecule has 32 heavy (non-hydrogen) atoms. The van der Waals surface area contributed by atoms with E-state index < -0.39 is 23.5 Å². The summed E-state index contributed by atoms with van der Waals surface area (Å²) in [6.45, 7) is 0. The predicted octanol–water partition coefficient (Wildman–Crippen LogP) is 5.68. The van der Waals surface area contributed by atoms with Gasteiger partial charge < -0.3 is 9.84 Å². The summed E-state index contributed by atoms with van der Waals surface area (Å²) < 4.78 is 5.14. The number of halogens is 3. The quantitative estimate of drug-likeness (QED) is 0.290. The average Bonchev–Trinajstić information content (AvgIpc) is 3.04. The Balaban J connectivity index is 1.96. The fraction of sp³-hybridized carbons (Fsp3) is 0.0870. The van der Waals surface area contributed by atoms with E-state index in [4.69, 9.17) is 39.5 Å². The molecule has 0 bridgehead atoms. The highest BCUT2D eigenvalue weighted by Crippen LogP contribution is 2.44. The molecule has 1 saturated heterocycles. The van der Waals surface area contributed by atoms with Gasteiger partial charge in [-0.05, 0) is 48.0 Å². The number of hydrogen-bond donors (Lipinski definition) is 1. The Labute approximate surface area is 198 Å². The van der Waals surface area contributed by atoms with Crippen LogP contribution in [-0.4, -0.2) is 28.9 Å². The van der Waals surface area contributed by atoms with Crippen molar-refractivity contribution in [2.24, 2.45) is 0 Å². The number of aliphatic hydroxyl groups is 1. The molecule has 1 unspecified atom stereocenters. The molecule has 2 aromatic carbocycles. The van der Waals surface area contributed by atoms with E-state index in [1.54, 1.807) is 36.4 Å². The van der Waals surface area contributed by atoms with E-state index in [0.717, 1.165) is 0 Å². The van der Waals surface area contributed by atoms with Crippen LogP contribution in [-0.2, 0) is 9.59 Å². The summed E-state index contributed by atoms with van der Waals surface area (Å²) in [6, 6.07) is 11.8. The minimum absolute atomic E-state index is 0.113. The van der Waals surface area contributed by atoms with E-state index in [1.165, 1.54) is 36.5 Å². The molecule has 1 aliphatic heterocycles. The number of anilines is 1. The summed E-state index contributed by atoms with van der Waals surface area (Å²) in [4.78, 5) is 31.5. The van der Waals surface area contributed by atoms with Gasteiger partial charge in [0, 0.05) is 28.7 Å². The monoisotopic (exact) mass is 488 g/mol. The molecular weight excluding hydrogens is 475 g/mol. The Kier molecular flexibility index (Phi) is 6.11. The second-order valence-corrected chi connectivity index (χ2v) is 8.15. The fourth-order valence-corrected chi connectivity index (χ4v) is 4.46. The zero-order valence-electron chi connectivity index (χ0n) is 16.6. The number of aromatic nitrogens is 1. The standard InChI is InChI=1S/C23H15Cl3N2O4/c1-32-22-16(25)9-13(10-17(22)26)20(29)18-19(12-5-7-27-8-6-12)28(23(31)21(18)30)15-4-2-3-14(24)11-15/h2-11,19,29H,1H3/b20-18+. The first-order chi connectivity index (χ1) is 15.3. The number of benzene rings is 2. The molecule has 1 aromatic heterocycles. The van der Waals surface area contributed by atoms with Crippen LogP contribution in [0.3, 0.4) is 0 Å². The maximum atomic E-state index is 13.1. The van der Waals surface area contributed by atoms with Crippen LogP contribution in [0.1, 0.15) is 17.2 Å². The highest BCUT2D eigenvalue weighted by atomic mass is 35.5. The van der Waals surface area contributed by atoms with Crippen molar-refractivity contribution < 1.29 is 19.4 Å². The maximum Gasteiger partial charge on any atom is 0.300 e. The summed E-state index contributed by atoms with van der Waals surface area (Å²) in [5.74, 6) is -1.84. The number of amides is 1. The van der Waals surface area contributed by atoms with Gasteiger partial charge >= 0.3 is 0 Å². The summed E-state index contributed by atoms with van der Waals surface area (Å²) in [6.07, 6.45) is 3.07. The third kappa shape index (κ3) is 3.81. The molecule has 4 rings (SSSR count). The lowest BCUT2D eigenvalue weighted by Crippen LogP contribution is -2.29. The average molecular weight is 490 g/mol. The van der Waals surface area contributed by atoms with Gasteiger partial charge in [-0.3, -0.25) is 19.5 Å². The number of methoxy groups -OCH3 is 1. The minimum atomic E-state index is -0.920. The van der Waals surface area contributed by atoms with Gasteiger partial charge in [-0.2, -0.15) is 0 Å². The first-order valence-electron chi connectivity index (χ1n) is 9.33. The minimum Gasteiger partial charge on any atom is -0.507 e. The number of aliphatic hydroxyl groups excluding tert-OH is 1. The number of nitrogens with zero attached hydrogens (tertiary/aromatic N) is 2. The van der Waals surface area contributed by atoms with Crippen LogP contribution >= 0.6 is 34.8 Å². The first kappa shape index (κ1) is 22.1. The summed E-state index contributed by atoms with van der Waals surface area (Å²) in [5.41, 5.74) is 1.04. The van der Waals surface area contributed by atoms with Crippen molar-refractivity contribution in [2.75, 3.05) is 12.0 Å². The molecule has 9 heteroatoms. The summed E-state index contributed by atoms with van der Waals surface area (Å²) >= 11 is 18.6. The molecule has 1 aliphatic rings. The van der Waals surface area contributed by atoms with Gasteiger partial charge in [-0.1, -0.05) is 40.9 Å². The Morgan fingerprint density at radius 3 is 2.28 bits per heavy atom. The van der Waals surface area contributed by atoms with E-state index in [-0.39, 0.29) is 26.9 Å². The van der Waals surface area contributed by atoms with Crippen molar-refractivity contribution in [1.82, 2.24) is 4.98 Å². The molecular formula is C23H15Cl3N2O4. The Bertz CT molecular complexity index is 1240. The van der Waals surface area contributed by atoms with Crippen LogP contribution in [0, 0.1) is 0 Å². The molecule has 6 nitrogen and oxygen atoms in total. The zero-order valence-corrected chi connectivity index (χ0v) is 18.8. The molecule has 3 aromatic rings. The molecule has 1 N–H and O–H groups in total. The van der Waals surface area contributed by atoms with E-state index in [2.05, 4.69) is 4.98 Å². The molecule has 1 amide bonds. The number of ether oxygens (including phenoxy) is 1. The molecule has 2 heterocycles. The smallest absolute Gasteiger partial charge is 0.300 e. The lowest BCUT2D eigenvalue weighted by molar-refractivity contribution is -0.132. The van der Waals surface area contributed by atoms with E-state index >= 15 is 0 Å². The van der Waals surface area contributed by atoms with Crippen LogP contribution < -0.4 is 9.64 Å². The summed E-state index contributed by atoms with van der Waals surface area (Å²) in [7, 11) is 1.41. The highest BCUT2D eigenvalue weighted by Gasteiger charge is 2.47. The fourth-order valence-electron chi connectivity index (χ4n) is 3.63. The number of ketones is 1. The lowest BCUT2D eigenvalue weighted by atomic mass is 9.95. The maximum absolute atomic E-state index is 13.1. The third-order valence-electron chi connectivity index (χ3n) is 5.03. The van der Waals surface area contributed by atoms with Gasteiger partial charge in [0.05, 0.1) is 28.8 Å². The first-order valence-corrected chi connectivity index (χ1v) is 10.5. The Hall–Kier alpha value is -3.06. The van der Waals surface area contributed by atoms with Crippen molar-refractivity contribution >= 4 is 57.9 Å². The van der Waals surface area contributed by atoms with Gasteiger partial charge in [0.2, 0.25) is 0 Å². The third-order valence-corrected chi connectivity index (χ3v) is 5.83. The molecule has 0 radical (unpaired) electrons. The number of pyridine rings is 1. The van der Waals surface area contributed by atoms with Crippen LogP contribution in [0.5, 0.6) is 5.75 Å². The number of carbonyl (C=O) groups is 2. The van der Waals surface area contributed by atoms with Crippen molar-refractivity contribution in [3.63, 3.8) is 0 Å². The normalized spacial score (nSPS) is 17.6. The second-order valence-electron chi connectivity index (χ2n) is 6.90. The van der Waals surface area contributed by atoms with Gasteiger partial charge in [-0.25, -0.2) is 0 Å². The van der Waals surface area contributed by atoms with Crippen LogP contribution in [0.2, 0.25) is 15.1 Å². The molecule has 0 spiro atoms. The number of carbonyl (C=O) groups excluding carboxylic acids is 2. The highest BCUT2D eigenvalue weighted by molar-refractivity contribution is 6.52. The molecule has 0 saturated carbocycles. The van der Waals surface area contributed by atoms with Crippen molar-refractivity contribution in [1.29, 1.82) is 0 Å². The van der Waals surface area contributed by atoms with E-state index in [0.29, 0.717) is 16.3 Å². The van der Waals surface area contributed by atoms with Crippen molar-refractivity contribution in [3.8, 4) is 5.75 Å². The van der Waals surface area contributed by atoms with E-state index in [9.17, 15) is 14.7 Å². The molecule has 1 fully saturated rings. The summed E-state index contributed by atoms with van der Waals surface area (Å²) in [5, 5.41) is 11.8. The molecule has 162 valence electrons. The molecule has 1 atom stereocenters. The van der Waals surface area contributed by atoms with Crippen LogP contribution in [0.4, 0.5) is 5.69 Å².